The van der Waals surface area contributed by atoms with Gasteiger partial charge in [0.15, 0.2) is 5.69 Å². The molecule has 0 spiro atoms. The van der Waals surface area contributed by atoms with E-state index >= 15 is 0 Å². The van der Waals surface area contributed by atoms with Crippen LogP contribution in [0.2, 0.25) is 0 Å². The zero-order valence-electron chi connectivity index (χ0n) is 12.7. The lowest BCUT2D eigenvalue weighted by Gasteiger charge is -2.15. The molecule has 0 N–H and O–H groups in total. The Morgan fingerprint density at radius 1 is 0.885 bits per heavy atom. The molecule has 2 heterocycles. The van der Waals surface area contributed by atoms with Crippen LogP contribution < -0.4 is 0 Å². The third-order valence-electron chi connectivity index (χ3n) is 3.56. The monoisotopic (exact) mass is 370 g/mol. The predicted molar refractivity (Wildman–Crippen MR) is 79.4 cm³/mol. The van der Waals surface area contributed by atoms with Crippen molar-refractivity contribution in [1.82, 2.24) is 9.97 Å². The first kappa shape index (κ1) is 17.8. The first-order chi connectivity index (χ1) is 12.1. The van der Waals surface area contributed by atoms with Crippen molar-refractivity contribution in [3.05, 3.63) is 71.2 Å². The van der Waals surface area contributed by atoms with Gasteiger partial charge in [-0.25, -0.2) is 4.98 Å². The highest BCUT2D eigenvalue weighted by Crippen LogP contribution is 2.38. The summed E-state index contributed by atoms with van der Waals surface area (Å²) >= 11 is 0. The molecule has 0 bridgehead atoms. The lowest BCUT2D eigenvalue weighted by molar-refractivity contribution is -0.142. The summed E-state index contributed by atoms with van der Waals surface area (Å²) in [6.07, 6.45) is -8.79. The number of hydrogen-bond donors (Lipinski definition) is 0. The molecule has 0 amide bonds. The largest absolute Gasteiger partial charge is 0.434 e. The van der Waals surface area contributed by atoms with Gasteiger partial charge >= 0.3 is 12.4 Å². The summed E-state index contributed by atoms with van der Waals surface area (Å²) in [5, 5.41) is -0.230. The van der Waals surface area contributed by atoms with Crippen LogP contribution in [0.25, 0.3) is 10.9 Å². The van der Waals surface area contributed by atoms with Crippen molar-refractivity contribution in [1.29, 1.82) is 0 Å². The van der Waals surface area contributed by atoms with Crippen molar-refractivity contribution in [2.45, 2.75) is 12.4 Å². The molecular formula is C17H8F6N2O. The zero-order chi connectivity index (χ0) is 19.1. The first-order valence-corrected chi connectivity index (χ1v) is 7.13. The number of pyridine rings is 2. The third kappa shape index (κ3) is 3.24. The average Bonchev–Trinajstić information content (AvgIpc) is 2.58. The van der Waals surface area contributed by atoms with Crippen LogP contribution in [0.1, 0.15) is 27.3 Å². The number of fused-ring (bicyclic) bond motifs is 1. The van der Waals surface area contributed by atoms with Crippen LogP contribution in [0.3, 0.4) is 0 Å². The number of hydrogen-bond acceptors (Lipinski definition) is 3. The highest BCUT2D eigenvalue weighted by atomic mass is 19.4. The van der Waals surface area contributed by atoms with E-state index in [-0.39, 0.29) is 11.1 Å². The van der Waals surface area contributed by atoms with Gasteiger partial charge in [0.05, 0.1) is 16.6 Å². The Morgan fingerprint density at radius 2 is 1.62 bits per heavy atom. The normalized spacial score (nSPS) is 12.4. The smallest absolute Gasteiger partial charge is 0.287 e. The van der Waals surface area contributed by atoms with E-state index in [9.17, 15) is 31.1 Å². The van der Waals surface area contributed by atoms with E-state index in [4.69, 9.17) is 0 Å². The summed E-state index contributed by atoms with van der Waals surface area (Å²) < 4.78 is 79.3. The minimum Gasteiger partial charge on any atom is -0.287 e. The summed E-state index contributed by atoms with van der Waals surface area (Å²) in [4.78, 5) is 19.3. The summed E-state index contributed by atoms with van der Waals surface area (Å²) in [5.41, 5.74) is -4.99. The number of carbonyl (C=O) groups is 1. The lowest BCUT2D eigenvalue weighted by Crippen LogP contribution is -2.18. The molecule has 0 fully saturated rings. The lowest BCUT2D eigenvalue weighted by atomic mass is 10.0. The Labute approximate surface area is 142 Å². The SMILES string of the molecule is O=C(c1ccccn1)c1cc2cccc(C(F)(F)F)c2nc1C(F)(F)F. The van der Waals surface area contributed by atoms with Crippen molar-refractivity contribution >= 4 is 16.7 Å². The predicted octanol–water partition coefficient (Wildman–Crippen LogP) is 4.90. The number of para-hydroxylation sites is 1. The van der Waals surface area contributed by atoms with Crippen LogP contribution in [0, 0.1) is 0 Å². The molecule has 0 unspecified atom stereocenters. The van der Waals surface area contributed by atoms with Crippen LogP contribution in [0.5, 0.6) is 0 Å². The molecule has 0 aliphatic carbocycles. The third-order valence-corrected chi connectivity index (χ3v) is 3.56. The van der Waals surface area contributed by atoms with Gasteiger partial charge in [0, 0.05) is 11.6 Å². The number of halogens is 6. The van der Waals surface area contributed by atoms with Gasteiger partial charge in [0.1, 0.15) is 5.69 Å². The fraction of sp³-hybridized carbons (Fsp3) is 0.118. The molecule has 3 rings (SSSR count). The van der Waals surface area contributed by atoms with Crippen molar-refractivity contribution in [3.8, 4) is 0 Å². The van der Waals surface area contributed by atoms with Crippen molar-refractivity contribution in [2.24, 2.45) is 0 Å². The second-order valence-electron chi connectivity index (χ2n) is 5.30. The van der Waals surface area contributed by atoms with E-state index in [2.05, 4.69) is 9.97 Å². The Kier molecular flexibility index (Phi) is 4.17. The van der Waals surface area contributed by atoms with Crippen molar-refractivity contribution in [2.75, 3.05) is 0 Å². The van der Waals surface area contributed by atoms with Gasteiger partial charge in [-0.2, -0.15) is 26.3 Å². The molecule has 0 atom stereocenters. The molecule has 3 aromatic rings. The number of rotatable bonds is 2. The highest BCUT2D eigenvalue weighted by Gasteiger charge is 2.40. The maximum atomic E-state index is 13.4. The van der Waals surface area contributed by atoms with E-state index < -0.39 is 40.5 Å². The van der Waals surface area contributed by atoms with E-state index in [1.165, 1.54) is 24.4 Å². The van der Waals surface area contributed by atoms with Gasteiger partial charge in [0.25, 0.3) is 0 Å². The molecule has 1 aromatic carbocycles. The summed E-state index contributed by atoms with van der Waals surface area (Å²) in [7, 11) is 0. The van der Waals surface area contributed by atoms with Crippen LogP contribution in [-0.4, -0.2) is 15.8 Å². The zero-order valence-corrected chi connectivity index (χ0v) is 12.7. The van der Waals surface area contributed by atoms with E-state index in [1.807, 2.05) is 0 Å². The van der Waals surface area contributed by atoms with Crippen LogP contribution in [-0.2, 0) is 12.4 Å². The standard InChI is InChI=1S/C17H8F6N2O/c18-16(19,20)11-5-3-4-9-8-10(14(26)12-6-1-2-7-24-12)15(17(21,22)23)25-13(9)11/h1-8H. The number of ketones is 1. The van der Waals surface area contributed by atoms with E-state index in [0.29, 0.717) is 6.07 Å². The summed E-state index contributed by atoms with van der Waals surface area (Å²) in [5.74, 6) is -1.08. The van der Waals surface area contributed by atoms with Gasteiger partial charge in [-0.15, -0.1) is 0 Å². The van der Waals surface area contributed by atoms with Crippen molar-refractivity contribution < 1.29 is 31.1 Å². The Balaban J connectivity index is 2.32. The molecule has 2 aromatic heterocycles. The molecule has 0 radical (unpaired) electrons. The van der Waals surface area contributed by atoms with Crippen LogP contribution >= 0.6 is 0 Å². The topological polar surface area (TPSA) is 42.9 Å². The second-order valence-corrected chi connectivity index (χ2v) is 5.30. The minimum atomic E-state index is -5.12. The number of nitrogens with zero attached hydrogens (tertiary/aromatic N) is 2. The maximum Gasteiger partial charge on any atom is 0.434 e. The molecule has 134 valence electrons. The average molecular weight is 370 g/mol. The Hall–Kier alpha value is -2.97. The fourth-order valence-corrected chi connectivity index (χ4v) is 2.45. The minimum absolute atomic E-state index is 0.230. The Bertz CT molecular complexity index is 980. The molecule has 0 saturated heterocycles. The summed E-state index contributed by atoms with van der Waals surface area (Å²) in [6.45, 7) is 0. The molecule has 9 heteroatoms. The quantitative estimate of drug-likeness (QED) is 0.476. The second kappa shape index (κ2) is 6.08. The van der Waals surface area contributed by atoms with Gasteiger partial charge in [0.2, 0.25) is 5.78 Å². The van der Waals surface area contributed by atoms with E-state index in [0.717, 1.165) is 18.2 Å². The van der Waals surface area contributed by atoms with Gasteiger partial charge < -0.3 is 0 Å². The van der Waals surface area contributed by atoms with Crippen molar-refractivity contribution in [3.63, 3.8) is 0 Å². The summed E-state index contributed by atoms with van der Waals surface area (Å²) in [6, 6.07) is 7.67. The molecule has 0 saturated carbocycles. The highest BCUT2D eigenvalue weighted by molar-refractivity contribution is 6.10. The number of aromatic nitrogens is 2. The van der Waals surface area contributed by atoms with Gasteiger partial charge in [-0.1, -0.05) is 18.2 Å². The van der Waals surface area contributed by atoms with Crippen LogP contribution in [0.15, 0.2) is 48.7 Å². The number of alkyl halides is 6. The molecule has 26 heavy (non-hydrogen) atoms. The number of carbonyl (C=O) groups excluding carboxylic acids is 1. The first-order valence-electron chi connectivity index (χ1n) is 7.13. The molecule has 0 aliphatic rings. The van der Waals surface area contributed by atoms with Gasteiger partial charge in [-0.05, 0) is 24.3 Å². The van der Waals surface area contributed by atoms with Gasteiger partial charge in [-0.3, -0.25) is 9.78 Å². The molecule has 3 nitrogen and oxygen atoms in total. The molecular weight excluding hydrogens is 362 g/mol. The van der Waals surface area contributed by atoms with Crippen LogP contribution in [0.4, 0.5) is 26.3 Å². The Morgan fingerprint density at radius 3 is 2.19 bits per heavy atom. The maximum absolute atomic E-state index is 13.4. The fourth-order valence-electron chi connectivity index (χ4n) is 2.45. The number of benzene rings is 1. The van der Waals surface area contributed by atoms with E-state index in [1.54, 1.807) is 0 Å². The molecule has 0 aliphatic heterocycles.